The summed E-state index contributed by atoms with van der Waals surface area (Å²) in [4.78, 5) is 22.2. The van der Waals surface area contributed by atoms with Gasteiger partial charge in [-0.2, -0.15) is 0 Å². The number of rotatable bonds is 4. The van der Waals surface area contributed by atoms with Crippen molar-refractivity contribution in [3.05, 3.63) is 57.8 Å². The molecule has 2 aromatic heterocycles. The van der Waals surface area contributed by atoms with Crippen molar-refractivity contribution in [2.45, 2.75) is 6.92 Å². The molecule has 1 aliphatic heterocycles. The third kappa shape index (κ3) is 3.92. The molecule has 0 saturated carbocycles. The first-order chi connectivity index (χ1) is 16.0. The van der Waals surface area contributed by atoms with Crippen LogP contribution in [0.1, 0.15) is 16.1 Å². The second-order valence-electron chi connectivity index (χ2n) is 7.65. The standard InChI is InChI=1S/C23H20Cl2N4O3S/c1-13-18(19(27-32-13)14-5-3-4-6-15(14)24)22(30)28-9-11-29(12-10-28)23-26-20-17(31-2)8-7-16(25)21(20)33-23/h3-8H,9-12H2,1-2H3. The molecule has 1 fully saturated rings. The van der Waals surface area contributed by atoms with E-state index in [9.17, 15) is 4.79 Å². The predicted octanol–water partition coefficient (Wildman–Crippen LogP) is 5.54. The Kier molecular flexibility index (Phi) is 5.90. The molecule has 0 bridgehead atoms. The van der Waals surface area contributed by atoms with E-state index >= 15 is 0 Å². The number of methoxy groups -OCH3 is 1. The fraction of sp³-hybridized carbons (Fsp3) is 0.261. The molecule has 0 spiro atoms. The fourth-order valence-electron chi connectivity index (χ4n) is 3.96. The van der Waals surface area contributed by atoms with Crippen LogP contribution in [0, 0.1) is 6.92 Å². The summed E-state index contributed by atoms with van der Waals surface area (Å²) in [6, 6.07) is 10.9. The average Bonchev–Trinajstić information content (AvgIpc) is 3.44. The summed E-state index contributed by atoms with van der Waals surface area (Å²) >= 11 is 14.2. The Labute approximate surface area is 204 Å². The smallest absolute Gasteiger partial charge is 0.259 e. The lowest BCUT2D eigenvalue weighted by Crippen LogP contribution is -2.49. The molecule has 0 unspecified atom stereocenters. The highest BCUT2D eigenvalue weighted by molar-refractivity contribution is 7.22. The second-order valence-corrected chi connectivity index (χ2v) is 9.44. The first kappa shape index (κ1) is 22.0. The number of ether oxygens (including phenoxy) is 1. The van der Waals surface area contributed by atoms with Crippen molar-refractivity contribution in [3.63, 3.8) is 0 Å². The number of aryl methyl sites for hydroxylation is 1. The number of hydrogen-bond acceptors (Lipinski definition) is 7. The maximum absolute atomic E-state index is 13.4. The van der Waals surface area contributed by atoms with Gasteiger partial charge in [-0.3, -0.25) is 4.79 Å². The normalized spacial score (nSPS) is 14.2. The number of fused-ring (bicyclic) bond motifs is 1. The lowest BCUT2D eigenvalue weighted by molar-refractivity contribution is 0.0745. The van der Waals surface area contributed by atoms with Crippen molar-refractivity contribution in [3.8, 4) is 17.0 Å². The summed E-state index contributed by atoms with van der Waals surface area (Å²) in [6.45, 7) is 4.14. The Bertz CT molecular complexity index is 1340. The molecule has 3 heterocycles. The number of piperazine rings is 1. The molecule has 0 aliphatic carbocycles. The van der Waals surface area contributed by atoms with E-state index < -0.39 is 0 Å². The molecule has 5 rings (SSSR count). The third-order valence-corrected chi connectivity index (χ3v) is 7.62. The van der Waals surface area contributed by atoms with Gasteiger partial charge >= 0.3 is 0 Å². The van der Waals surface area contributed by atoms with Crippen LogP contribution in [0.5, 0.6) is 5.75 Å². The maximum atomic E-state index is 13.4. The van der Waals surface area contributed by atoms with E-state index in [0.29, 0.717) is 64.6 Å². The minimum absolute atomic E-state index is 0.114. The summed E-state index contributed by atoms with van der Waals surface area (Å²) in [6.07, 6.45) is 0. The van der Waals surface area contributed by atoms with Gasteiger partial charge in [-0.05, 0) is 25.1 Å². The van der Waals surface area contributed by atoms with E-state index in [0.717, 1.165) is 15.3 Å². The van der Waals surface area contributed by atoms with E-state index in [2.05, 4.69) is 10.1 Å². The lowest BCUT2D eigenvalue weighted by Gasteiger charge is -2.34. The van der Waals surface area contributed by atoms with Crippen molar-refractivity contribution in [1.29, 1.82) is 0 Å². The summed E-state index contributed by atoms with van der Waals surface area (Å²) in [5.41, 5.74) is 2.36. The molecule has 1 aliphatic rings. The molecule has 1 saturated heterocycles. The van der Waals surface area contributed by atoms with E-state index in [4.69, 9.17) is 37.4 Å². The van der Waals surface area contributed by atoms with E-state index in [1.165, 1.54) is 11.3 Å². The molecule has 10 heteroatoms. The second kappa shape index (κ2) is 8.85. The maximum Gasteiger partial charge on any atom is 0.259 e. The first-order valence-electron chi connectivity index (χ1n) is 10.4. The monoisotopic (exact) mass is 502 g/mol. The molecule has 0 N–H and O–H groups in total. The van der Waals surface area contributed by atoms with Gasteiger partial charge in [0, 0.05) is 31.7 Å². The number of thiazole rings is 1. The molecular weight excluding hydrogens is 483 g/mol. The van der Waals surface area contributed by atoms with Gasteiger partial charge in [-0.15, -0.1) is 0 Å². The van der Waals surface area contributed by atoms with E-state index in [1.54, 1.807) is 20.1 Å². The molecule has 1 amide bonds. The minimum Gasteiger partial charge on any atom is -0.494 e. The van der Waals surface area contributed by atoms with Crippen molar-refractivity contribution in [2.75, 3.05) is 38.2 Å². The topological polar surface area (TPSA) is 71.7 Å². The third-order valence-electron chi connectivity index (χ3n) is 5.71. The fourth-order valence-corrected chi connectivity index (χ4v) is 5.49. The zero-order valence-electron chi connectivity index (χ0n) is 18.0. The minimum atomic E-state index is -0.114. The SMILES string of the molecule is COc1ccc(Cl)c2sc(N3CCN(C(=O)c4c(-c5ccccc5Cl)noc4C)CC3)nc12. The van der Waals surface area contributed by atoms with Crippen LogP contribution in [0.25, 0.3) is 21.5 Å². The van der Waals surface area contributed by atoms with Crippen LogP contribution >= 0.6 is 34.5 Å². The van der Waals surface area contributed by atoms with Crippen LogP contribution in [-0.2, 0) is 0 Å². The van der Waals surface area contributed by atoms with Crippen LogP contribution in [0.4, 0.5) is 5.13 Å². The van der Waals surface area contributed by atoms with Crippen molar-refractivity contribution in [2.24, 2.45) is 0 Å². The zero-order valence-corrected chi connectivity index (χ0v) is 20.3. The highest BCUT2D eigenvalue weighted by Crippen LogP contribution is 2.39. The van der Waals surface area contributed by atoms with Crippen molar-refractivity contribution >= 4 is 55.8 Å². The molecule has 0 radical (unpaired) electrons. The Morgan fingerprint density at radius 3 is 2.58 bits per heavy atom. The van der Waals surface area contributed by atoms with Crippen LogP contribution in [0.15, 0.2) is 40.9 Å². The molecule has 0 atom stereocenters. The predicted molar refractivity (Wildman–Crippen MR) is 131 cm³/mol. The molecule has 170 valence electrons. The number of nitrogens with zero attached hydrogens (tertiary/aromatic N) is 4. The quantitative estimate of drug-likeness (QED) is 0.364. The number of amides is 1. The summed E-state index contributed by atoms with van der Waals surface area (Å²) in [5.74, 6) is 1.06. The number of aromatic nitrogens is 2. The van der Waals surface area contributed by atoms with Gasteiger partial charge in [0.2, 0.25) is 0 Å². The van der Waals surface area contributed by atoms with Crippen LogP contribution in [0.2, 0.25) is 10.0 Å². The summed E-state index contributed by atoms with van der Waals surface area (Å²) in [5, 5.41) is 6.16. The molecule has 33 heavy (non-hydrogen) atoms. The van der Waals surface area contributed by atoms with Crippen molar-refractivity contribution < 1.29 is 14.1 Å². The van der Waals surface area contributed by atoms with Crippen molar-refractivity contribution in [1.82, 2.24) is 15.0 Å². The zero-order chi connectivity index (χ0) is 23.1. The first-order valence-corrected chi connectivity index (χ1v) is 11.9. The van der Waals surface area contributed by atoms with E-state index in [-0.39, 0.29) is 5.91 Å². The molecular formula is C23H20Cl2N4O3S. The van der Waals surface area contributed by atoms with Crippen LogP contribution in [-0.4, -0.2) is 54.2 Å². The highest BCUT2D eigenvalue weighted by Gasteiger charge is 2.30. The van der Waals surface area contributed by atoms with Gasteiger partial charge in [0.25, 0.3) is 5.91 Å². The largest absolute Gasteiger partial charge is 0.494 e. The average molecular weight is 503 g/mol. The van der Waals surface area contributed by atoms with Crippen LogP contribution in [0.3, 0.4) is 0 Å². The van der Waals surface area contributed by atoms with Gasteiger partial charge in [0.15, 0.2) is 5.13 Å². The van der Waals surface area contributed by atoms with Gasteiger partial charge in [0.1, 0.15) is 28.3 Å². The number of benzene rings is 2. The Balaban J connectivity index is 1.36. The summed E-state index contributed by atoms with van der Waals surface area (Å²) in [7, 11) is 1.62. The number of hydrogen-bond donors (Lipinski definition) is 0. The van der Waals surface area contributed by atoms with Crippen LogP contribution < -0.4 is 9.64 Å². The Morgan fingerprint density at radius 2 is 1.85 bits per heavy atom. The number of carbonyl (C=O) groups excluding carboxylic acids is 1. The van der Waals surface area contributed by atoms with Gasteiger partial charge < -0.3 is 19.1 Å². The number of halogens is 2. The highest BCUT2D eigenvalue weighted by atomic mass is 35.5. The number of anilines is 1. The Morgan fingerprint density at radius 1 is 1.09 bits per heavy atom. The van der Waals surface area contributed by atoms with Gasteiger partial charge in [-0.25, -0.2) is 4.98 Å². The molecule has 2 aromatic carbocycles. The molecule has 4 aromatic rings. The summed E-state index contributed by atoms with van der Waals surface area (Å²) < 4.78 is 11.7. The Hall–Kier alpha value is -2.81. The molecule has 7 nitrogen and oxygen atoms in total. The number of carbonyl (C=O) groups is 1. The van der Waals surface area contributed by atoms with Gasteiger partial charge in [-0.1, -0.05) is 57.9 Å². The lowest BCUT2D eigenvalue weighted by atomic mass is 10.0. The van der Waals surface area contributed by atoms with Gasteiger partial charge in [0.05, 0.1) is 21.9 Å². The van der Waals surface area contributed by atoms with E-state index in [1.807, 2.05) is 35.2 Å².